The molecule has 0 saturated carbocycles. The molecule has 88 valence electrons. The van der Waals surface area contributed by atoms with Crippen molar-refractivity contribution >= 4 is 35.9 Å². The summed E-state index contributed by atoms with van der Waals surface area (Å²) in [6.07, 6.45) is 0. The average Bonchev–Trinajstić information content (AvgIpc) is 3.05. The molecule has 2 heterocycles. The molecule has 2 nitrogen and oxygen atoms in total. The van der Waals surface area contributed by atoms with E-state index in [-0.39, 0.29) is 0 Å². The van der Waals surface area contributed by atoms with Crippen LogP contribution in [-0.4, -0.2) is 23.1 Å². The van der Waals surface area contributed by atoms with Gasteiger partial charge in [-0.05, 0) is 0 Å². The Morgan fingerprint density at radius 2 is 1.16 bits per heavy atom. The van der Waals surface area contributed by atoms with Crippen LogP contribution in [0.3, 0.4) is 0 Å². The van der Waals surface area contributed by atoms with Gasteiger partial charge in [-0.15, -0.1) is 0 Å². The SMILES string of the molecule is b1cc2ccccc2n1Cn1bcc2ccccc21. The number of rotatable bonds is 2. The van der Waals surface area contributed by atoms with E-state index in [0.29, 0.717) is 0 Å². The Balaban J connectivity index is 1.82. The van der Waals surface area contributed by atoms with Gasteiger partial charge in [0.25, 0.3) is 0 Å². The predicted octanol–water partition coefficient (Wildman–Crippen LogP) is 2.78. The molecule has 0 N–H and O–H groups in total. The number of hydrogen-bond donors (Lipinski definition) is 0. The van der Waals surface area contributed by atoms with Crippen LogP contribution in [0.1, 0.15) is 0 Å². The van der Waals surface area contributed by atoms with Gasteiger partial charge in [-0.3, -0.25) is 0 Å². The Labute approximate surface area is 112 Å². The molecular weight excluding hydrogens is 230 g/mol. The van der Waals surface area contributed by atoms with E-state index in [2.05, 4.69) is 83.5 Å². The van der Waals surface area contributed by atoms with Crippen LogP contribution in [0.5, 0.6) is 0 Å². The molecule has 19 heavy (non-hydrogen) atoms. The molecule has 0 aliphatic carbocycles. The molecule has 2 aromatic carbocycles. The van der Waals surface area contributed by atoms with Crippen LogP contribution in [0, 0.1) is 0 Å². The molecular formula is C15H12B2N2. The van der Waals surface area contributed by atoms with Gasteiger partial charge >= 0.3 is 112 Å². The third-order valence-corrected chi connectivity index (χ3v) is 3.67. The maximum atomic E-state index is 2.28. The van der Waals surface area contributed by atoms with E-state index in [1.807, 2.05) is 0 Å². The van der Waals surface area contributed by atoms with Crippen molar-refractivity contribution in [2.45, 2.75) is 6.67 Å². The molecule has 0 fully saturated rings. The van der Waals surface area contributed by atoms with Gasteiger partial charge in [-0.2, -0.15) is 0 Å². The predicted molar refractivity (Wildman–Crippen MR) is 82.0 cm³/mol. The fourth-order valence-electron chi connectivity index (χ4n) is 2.69. The Bertz CT molecular complexity index is 788. The summed E-state index contributed by atoms with van der Waals surface area (Å²) in [5, 5.41) is 2.58. The fourth-order valence-corrected chi connectivity index (χ4v) is 2.69. The maximum absolute atomic E-state index is 2.28. The zero-order chi connectivity index (χ0) is 12.7. The molecule has 0 bridgehead atoms. The monoisotopic (exact) mass is 242 g/mol. The summed E-state index contributed by atoms with van der Waals surface area (Å²) < 4.78 is 4.56. The minimum absolute atomic E-state index is 0.848. The number of hydrogen-bond acceptors (Lipinski definition) is 0. The van der Waals surface area contributed by atoms with Gasteiger partial charge in [0.2, 0.25) is 0 Å². The Morgan fingerprint density at radius 3 is 1.68 bits per heavy atom. The van der Waals surface area contributed by atoms with Gasteiger partial charge in [0, 0.05) is 0 Å². The van der Waals surface area contributed by atoms with Crippen LogP contribution < -0.4 is 0 Å². The van der Waals surface area contributed by atoms with E-state index in [9.17, 15) is 0 Å². The van der Waals surface area contributed by atoms with Crippen LogP contribution >= 0.6 is 0 Å². The first-order chi connectivity index (χ1) is 9.42. The molecule has 2 aromatic heterocycles. The van der Waals surface area contributed by atoms with Crippen molar-refractivity contribution in [1.82, 2.24) is 8.95 Å². The number of benzene rings is 2. The van der Waals surface area contributed by atoms with Crippen molar-refractivity contribution in [3.63, 3.8) is 0 Å². The molecule has 0 spiro atoms. The molecule has 0 aliphatic rings. The Hall–Kier alpha value is -2.09. The summed E-state index contributed by atoms with van der Waals surface area (Å²) in [4.78, 5) is 0. The number of aromatic nitrogens is 2. The minimum atomic E-state index is 0.848. The normalized spacial score (nSPS) is 10.9. The van der Waals surface area contributed by atoms with Gasteiger partial charge in [0.1, 0.15) is 0 Å². The van der Waals surface area contributed by atoms with E-state index in [1.54, 1.807) is 0 Å². The van der Waals surface area contributed by atoms with Gasteiger partial charge in [0.15, 0.2) is 0 Å². The van der Waals surface area contributed by atoms with Crippen molar-refractivity contribution in [1.29, 1.82) is 0 Å². The molecule has 0 radical (unpaired) electrons. The van der Waals surface area contributed by atoms with Gasteiger partial charge in [-0.1, -0.05) is 0 Å². The number of nitrogens with zero attached hydrogens (tertiary/aromatic N) is 2. The summed E-state index contributed by atoms with van der Waals surface area (Å²) in [5.74, 6) is 4.34. The molecule has 0 unspecified atom stereocenters. The number of fused-ring (bicyclic) bond motifs is 2. The first-order valence-corrected chi connectivity index (χ1v) is 6.49. The van der Waals surface area contributed by atoms with Gasteiger partial charge in [0.05, 0.1) is 0 Å². The zero-order valence-corrected chi connectivity index (χ0v) is 10.5. The summed E-state index contributed by atoms with van der Waals surface area (Å²) in [6.45, 7) is 0.848. The zero-order valence-electron chi connectivity index (χ0n) is 10.5. The number of para-hydroxylation sites is 2. The van der Waals surface area contributed by atoms with Crippen molar-refractivity contribution in [3.8, 4) is 0 Å². The van der Waals surface area contributed by atoms with Gasteiger partial charge in [-0.25, -0.2) is 0 Å². The summed E-state index contributed by atoms with van der Waals surface area (Å²) >= 11 is 0. The van der Waals surface area contributed by atoms with Crippen LogP contribution in [0.2, 0.25) is 0 Å². The standard InChI is InChI=1S/C15H12B2N2/c1-3-7-14-12(5-1)9-16-18(14)11-19-15-8-4-2-6-13(15)10-17-19/h1-10H,11H2. The second-order valence-corrected chi connectivity index (χ2v) is 4.83. The fraction of sp³-hybridized carbons (Fsp3) is 0.0667. The summed E-state index contributed by atoms with van der Waals surface area (Å²) in [6, 6.07) is 17.0. The summed E-state index contributed by atoms with van der Waals surface area (Å²) in [5.41, 5.74) is 2.56. The van der Waals surface area contributed by atoms with E-state index < -0.39 is 0 Å². The van der Waals surface area contributed by atoms with Crippen LogP contribution in [0.25, 0.3) is 21.8 Å². The molecule has 4 heteroatoms. The second-order valence-electron chi connectivity index (χ2n) is 4.83. The van der Waals surface area contributed by atoms with E-state index in [0.717, 1.165) is 6.67 Å². The third-order valence-electron chi connectivity index (χ3n) is 3.67. The third kappa shape index (κ3) is 1.75. The van der Waals surface area contributed by atoms with Gasteiger partial charge < -0.3 is 0 Å². The first-order valence-electron chi connectivity index (χ1n) is 6.49. The molecule has 0 atom stereocenters. The van der Waals surface area contributed by atoms with Crippen molar-refractivity contribution < 1.29 is 0 Å². The van der Waals surface area contributed by atoms with Crippen LogP contribution in [0.4, 0.5) is 0 Å². The Morgan fingerprint density at radius 1 is 0.684 bits per heavy atom. The molecule has 0 saturated heterocycles. The van der Waals surface area contributed by atoms with Crippen molar-refractivity contribution in [2.24, 2.45) is 0 Å². The topological polar surface area (TPSA) is 9.86 Å². The quantitative estimate of drug-likeness (QED) is 0.511. The van der Waals surface area contributed by atoms with Crippen LogP contribution in [-0.2, 0) is 6.67 Å². The van der Waals surface area contributed by atoms with Crippen LogP contribution in [0.15, 0.2) is 60.5 Å². The molecule has 0 amide bonds. The molecule has 4 aromatic rings. The van der Waals surface area contributed by atoms with E-state index in [1.165, 1.54) is 21.8 Å². The molecule has 0 aliphatic heterocycles. The van der Waals surface area contributed by atoms with E-state index in [4.69, 9.17) is 0 Å². The van der Waals surface area contributed by atoms with Crippen molar-refractivity contribution in [2.75, 3.05) is 0 Å². The first kappa shape index (κ1) is 10.8. The van der Waals surface area contributed by atoms with E-state index >= 15 is 0 Å². The Kier molecular flexibility index (Phi) is 2.40. The second kappa shape index (κ2) is 4.23. The summed E-state index contributed by atoms with van der Waals surface area (Å²) in [7, 11) is 4.30. The van der Waals surface area contributed by atoms with Crippen molar-refractivity contribution in [3.05, 3.63) is 60.5 Å². The average molecular weight is 242 g/mol. The molecule has 4 rings (SSSR count).